The number of nitrogens with zero attached hydrogens (tertiary/aromatic N) is 13. The van der Waals surface area contributed by atoms with Gasteiger partial charge in [0.15, 0.2) is 23.7 Å². The molecule has 0 atom stereocenters. The topological polar surface area (TPSA) is 243 Å². The highest BCUT2D eigenvalue weighted by Crippen LogP contribution is 2.32. The minimum atomic E-state index is -2.60. The van der Waals surface area contributed by atoms with Gasteiger partial charge in [-0.2, -0.15) is 20.4 Å². The van der Waals surface area contributed by atoms with Crippen molar-refractivity contribution in [1.29, 1.82) is 0 Å². The number of phenols is 1. The number of hydrogen-bond acceptors (Lipinski definition) is 15. The molecule has 1 aromatic carbocycles. The first-order chi connectivity index (χ1) is 44.3. The Morgan fingerprint density at radius 3 is 1.25 bits per heavy atom. The molecular weight excluding hydrogens is 1280 g/mol. The average molecular weight is 1390 g/mol. The van der Waals surface area contributed by atoms with Gasteiger partial charge in [0.1, 0.15) is 39.7 Å². The Bertz CT molecular complexity index is 4110. The van der Waals surface area contributed by atoms with Crippen LogP contribution < -0.4 is 4.74 Å². The second-order valence-corrected chi connectivity index (χ2v) is 19.7. The number of carbonyl (C=O) groups is 1. The van der Waals surface area contributed by atoms with Crippen LogP contribution in [0.5, 0.6) is 11.5 Å². The largest absolute Gasteiger partial charge is 0.507 e. The number of halogens is 5. The van der Waals surface area contributed by atoms with E-state index in [0.717, 1.165) is 18.6 Å². The van der Waals surface area contributed by atoms with Gasteiger partial charge < -0.3 is 25.2 Å². The first-order valence-electron chi connectivity index (χ1n) is 30.8. The van der Waals surface area contributed by atoms with Crippen LogP contribution in [0.25, 0.3) is 45.6 Å². The highest BCUT2D eigenvalue weighted by atomic mass is 79.9. The fraction of sp³-hybridized carbons (Fsp3) is 0.362. The van der Waals surface area contributed by atoms with Crippen molar-refractivity contribution in [2.45, 2.75) is 171 Å². The minimum Gasteiger partial charge on any atom is -0.507 e. The summed E-state index contributed by atoms with van der Waals surface area (Å²) in [5.41, 5.74) is 1.71. The maximum atomic E-state index is 14.5. The molecule has 0 aliphatic rings. The molecule has 0 amide bonds. The van der Waals surface area contributed by atoms with E-state index >= 15 is 0 Å². The van der Waals surface area contributed by atoms with Gasteiger partial charge in [-0.1, -0.05) is 95.8 Å². The molecule has 9 heterocycles. The van der Waals surface area contributed by atoms with Gasteiger partial charge in [-0.15, -0.1) is 11.6 Å². The third kappa shape index (κ3) is 22.7. The van der Waals surface area contributed by atoms with E-state index in [1.165, 1.54) is 99.5 Å². The van der Waals surface area contributed by atoms with Gasteiger partial charge in [-0.25, -0.2) is 18.2 Å². The molecule has 0 spiro atoms. The third-order valence-corrected chi connectivity index (χ3v) is 12.5. The van der Waals surface area contributed by atoms with Crippen LogP contribution in [0, 0.1) is 17.5 Å². The smallest absolute Gasteiger partial charge is 0.170 e. The summed E-state index contributed by atoms with van der Waals surface area (Å²) >= 11 is 8.73. The number of aromatic hydroxyl groups is 1. The van der Waals surface area contributed by atoms with Crippen molar-refractivity contribution < 1.29 is 56.8 Å². The number of phenolic OH excluding ortho intramolecular Hbond substituents is 1. The summed E-state index contributed by atoms with van der Waals surface area (Å²) in [6.45, 7) is 5.12. The van der Waals surface area contributed by atoms with Crippen LogP contribution >= 0.6 is 27.5 Å². The first kappa shape index (κ1) is 70.4. The SMILES string of the molecule is C.C.C.C.C.C.C.C.[2H]C([2H])(Cl)c1cccnc1-c1c(F)cnn1C(C)C.[2H]C([2H])(O)c1cccnc1-c1c(F)cnn1C(C)C.[2H]C([2H])(O)c1cccnc1-c1ccnn1C(C)C.[2H]C([2H])(O)c1cccnc1Br.[2H]C([2H])(Oc1cccc(O)c1C=O)c1cccnc1-c1c(F)cnn1C(C)C. The molecule has 0 aliphatic heterocycles. The Hall–Kier alpha value is -8.48. The summed E-state index contributed by atoms with van der Waals surface area (Å²) in [6, 6.07) is 20.6. The second-order valence-electron chi connectivity index (χ2n) is 18.8. The van der Waals surface area contributed by atoms with Crippen LogP contribution in [0.15, 0.2) is 145 Å². The number of ether oxygens (including phenoxy) is 1. The fourth-order valence-corrected chi connectivity index (χ4v) is 8.32. The standard InChI is InChI=1S/C19H18FN3O3.C12H13ClFN3.C12H14FN3O.C12H15N3O.C6H6BrNO.8CH4/c1-12(2)23-19(15(20)9-22-23)18-13(5-4-8-21-18)11-26-17-7-3-6-16(25)14(17)10-24;1-8(2)17-12(10(14)7-16-17)11-9(6-13)4-3-5-15-11;1-8(2)16-12(10(13)6-15-16)11-9(7-17)4-3-5-14-11;1-9(2)15-11(5-7-14-15)12-10(8-16)4-3-6-13-12;7-6-5(4-9)2-1-3-8-6;;;;;;;;/h3-10,12,25H,11H2,1-2H3;3-5,7-8H,6H2,1-2H3;3-6,8,17H,7H2,1-2H3;3-7,9,16H,8H2,1-2H3;1-3,9H,4H2;8*1H4/i11D2;6D2;7D2;8D2;4D2;;;;;;;;. The number of carbonyl (C=O) groups excluding carboxylic acids is 1. The van der Waals surface area contributed by atoms with Gasteiger partial charge in [0.2, 0.25) is 0 Å². The molecule has 0 saturated heterocycles. The number of aliphatic hydroxyl groups is 3. The quantitative estimate of drug-likeness (QED) is 0.0399. The molecular formula is C69H98BrClF3N13O6. The number of alkyl halides is 1. The monoisotopic (exact) mass is 1390 g/mol. The number of rotatable bonds is 16. The van der Waals surface area contributed by atoms with E-state index in [2.05, 4.69) is 61.2 Å². The van der Waals surface area contributed by atoms with Crippen molar-refractivity contribution in [2.75, 3.05) is 0 Å². The van der Waals surface area contributed by atoms with Gasteiger partial charge in [-0.05, 0) is 125 Å². The van der Waals surface area contributed by atoms with Crippen LogP contribution in [0.2, 0.25) is 0 Å². The fourth-order valence-electron chi connectivity index (χ4n) is 7.83. The number of aromatic nitrogens is 13. The lowest BCUT2D eigenvalue weighted by Gasteiger charge is -2.15. The van der Waals surface area contributed by atoms with E-state index in [9.17, 15) is 33.3 Å². The average Bonchev–Trinajstić information content (AvgIpc) is 1.74. The molecule has 19 nitrogen and oxygen atoms in total. The second kappa shape index (κ2) is 43.4. The zero-order chi connectivity index (χ0) is 70.7. The first-order valence-corrected chi connectivity index (χ1v) is 27.0. The van der Waals surface area contributed by atoms with Crippen molar-refractivity contribution in [3.8, 4) is 57.1 Å². The zero-order valence-electron chi connectivity index (χ0n) is 57.0. The van der Waals surface area contributed by atoms with Crippen LogP contribution in [-0.4, -0.2) is 90.8 Å². The summed E-state index contributed by atoms with van der Waals surface area (Å²) in [5, 5.41) is 53.9. The van der Waals surface area contributed by atoms with Crippen LogP contribution in [-0.2, 0) is 32.1 Å². The molecule has 4 N–H and O–H groups in total. The summed E-state index contributed by atoms with van der Waals surface area (Å²) in [4.78, 5) is 31.4. The molecule has 0 saturated carbocycles. The van der Waals surface area contributed by atoms with Gasteiger partial charge in [0.05, 0.1) is 83.3 Å². The lowest BCUT2D eigenvalue weighted by Crippen LogP contribution is -2.08. The molecule has 9 aromatic heterocycles. The van der Waals surface area contributed by atoms with Crippen molar-refractivity contribution in [3.05, 3.63) is 196 Å². The molecule has 0 unspecified atom stereocenters. The molecule has 10 rings (SSSR count). The molecule has 10 aromatic rings. The number of aldehydes is 1. The van der Waals surface area contributed by atoms with Crippen molar-refractivity contribution in [3.63, 3.8) is 0 Å². The number of benzene rings is 1. The van der Waals surface area contributed by atoms with Crippen molar-refractivity contribution in [1.82, 2.24) is 64.0 Å². The summed E-state index contributed by atoms with van der Waals surface area (Å²) in [7, 11) is 0. The Morgan fingerprint density at radius 1 is 0.495 bits per heavy atom. The zero-order valence-corrected chi connectivity index (χ0v) is 49.3. The molecule has 0 radical (unpaired) electrons. The van der Waals surface area contributed by atoms with E-state index in [1.54, 1.807) is 41.3 Å². The van der Waals surface area contributed by atoms with Crippen molar-refractivity contribution >= 4 is 33.8 Å². The van der Waals surface area contributed by atoms with Crippen LogP contribution in [0.4, 0.5) is 13.2 Å². The predicted octanol–water partition coefficient (Wildman–Crippen LogP) is 17.8. The van der Waals surface area contributed by atoms with Gasteiger partial charge in [0, 0.05) is 92.2 Å². The van der Waals surface area contributed by atoms with Gasteiger partial charge in [-0.3, -0.25) is 43.5 Å². The molecule has 0 fully saturated rings. The minimum absolute atomic E-state index is 0. The Labute approximate surface area is 576 Å². The van der Waals surface area contributed by atoms with Gasteiger partial charge in [0.25, 0.3) is 0 Å². The summed E-state index contributed by atoms with van der Waals surface area (Å²) in [5.74, 6) is -4.39. The van der Waals surface area contributed by atoms with E-state index in [4.69, 9.17) is 35.2 Å². The molecule has 0 bridgehead atoms. The van der Waals surface area contributed by atoms with E-state index < -0.39 is 49.5 Å². The molecule has 0 aliphatic carbocycles. The molecule has 24 heteroatoms. The summed E-state index contributed by atoms with van der Waals surface area (Å²) in [6.07, 6.45) is 12.6. The number of pyridine rings is 5. The lowest BCUT2D eigenvalue weighted by molar-refractivity contribution is 0.111. The third-order valence-electron chi connectivity index (χ3n) is 11.7. The van der Waals surface area contributed by atoms with E-state index in [-0.39, 0.29) is 163 Å². The maximum absolute atomic E-state index is 14.5. The molecule has 93 heavy (non-hydrogen) atoms. The normalized spacial score (nSPS) is 12.3. The van der Waals surface area contributed by atoms with Crippen LogP contribution in [0.1, 0.15) is 191 Å². The van der Waals surface area contributed by atoms with E-state index in [1.807, 2.05) is 55.4 Å². The predicted molar refractivity (Wildman–Crippen MR) is 374 cm³/mol. The van der Waals surface area contributed by atoms with E-state index in [0.29, 0.717) is 22.3 Å². The summed E-state index contributed by atoms with van der Waals surface area (Å²) < 4.78 is 130. The number of hydrogen-bond donors (Lipinski definition) is 4. The molecule has 510 valence electrons. The Balaban J connectivity index is -0.00000122. The van der Waals surface area contributed by atoms with Crippen molar-refractivity contribution in [2.24, 2.45) is 0 Å². The maximum Gasteiger partial charge on any atom is 0.170 e. The van der Waals surface area contributed by atoms with Gasteiger partial charge >= 0.3 is 0 Å². The Morgan fingerprint density at radius 2 is 0.860 bits per heavy atom. The highest BCUT2D eigenvalue weighted by Gasteiger charge is 2.22. The highest BCUT2D eigenvalue weighted by molar-refractivity contribution is 9.10. The Kier molecular flexibility index (Phi) is 32.8. The lowest BCUT2D eigenvalue weighted by atomic mass is 10.1. The van der Waals surface area contributed by atoms with Crippen LogP contribution in [0.3, 0.4) is 0 Å².